The van der Waals surface area contributed by atoms with Gasteiger partial charge >= 0.3 is 0 Å². The number of nitrogens with two attached hydrogens (primary N) is 1. The average molecular weight is 244 g/mol. The van der Waals surface area contributed by atoms with Gasteiger partial charge in [-0.05, 0) is 31.9 Å². The van der Waals surface area contributed by atoms with E-state index in [1.54, 1.807) is 12.3 Å². The molecule has 0 aromatic carbocycles. The van der Waals surface area contributed by atoms with Crippen molar-refractivity contribution in [3.05, 3.63) is 24.0 Å². The number of rotatable bonds is 2. The van der Waals surface area contributed by atoms with Crippen LogP contribution in [0.4, 0.5) is 5.69 Å². The molecule has 1 amide bonds. The number of anilines is 1. The van der Waals surface area contributed by atoms with E-state index in [1.165, 1.54) is 0 Å². The Morgan fingerprint density at radius 3 is 3.06 bits per heavy atom. The Morgan fingerprint density at radius 1 is 1.61 bits per heavy atom. The summed E-state index contributed by atoms with van der Waals surface area (Å²) in [5.74, 6) is -0.360. The molecule has 2 rings (SSSR count). The molecule has 1 aliphatic heterocycles. The molecule has 0 radical (unpaired) electrons. The number of amides is 1. The average Bonchev–Trinajstić information content (AvgIpc) is 2.39. The van der Waals surface area contributed by atoms with Crippen LogP contribution in [0.5, 0.6) is 0 Å². The van der Waals surface area contributed by atoms with E-state index in [-0.39, 0.29) is 11.8 Å². The van der Waals surface area contributed by atoms with Gasteiger partial charge in [0, 0.05) is 24.5 Å². The first-order valence-corrected chi connectivity index (χ1v) is 6.04. The molecule has 0 saturated carbocycles. The van der Waals surface area contributed by atoms with Crippen molar-refractivity contribution in [2.45, 2.75) is 25.8 Å². The van der Waals surface area contributed by atoms with Crippen molar-refractivity contribution in [1.29, 1.82) is 5.26 Å². The zero-order chi connectivity index (χ0) is 13.1. The van der Waals surface area contributed by atoms with Crippen LogP contribution in [0, 0.1) is 17.2 Å². The second-order valence-corrected chi connectivity index (χ2v) is 4.69. The van der Waals surface area contributed by atoms with Crippen LogP contribution in [-0.2, 0) is 4.79 Å². The Bertz CT molecular complexity index is 494. The topological polar surface area (TPSA) is 83.0 Å². The van der Waals surface area contributed by atoms with Gasteiger partial charge in [-0.2, -0.15) is 5.26 Å². The largest absolute Gasteiger partial charge is 0.369 e. The summed E-state index contributed by atoms with van der Waals surface area (Å²) >= 11 is 0. The molecule has 2 N–H and O–H groups in total. The van der Waals surface area contributed by atoms with E-state index >= 15 is 0 Å². The van der Waals surface area contributed by atoms with E-state index in [4.69, 9.17) is 11.0 Å². The van der Waals surface area contributed by atoms with Crippen LogP contribution in [0.2, 0.25) is 0 Å². The third-order valence-electron chi connectivity index (χ3n) is 3.47. The number of nitriles is 1. The van der Waals surface area contributed by atoms with E-state index in [2.05, 4.69) is 16.8 Å². The minimum Gasteiger partial charge on any atom is -0.369 e. The van der Waals surface area contributed by atoms with Crippen molar-refractivity contribution in [3.63, 3.8) is 0 Å². The molecular weight excluding hydrogens is 228 g/mol. The van der Waals surface area contributed by atoms with Gasteiger partial charge in [-0.15, -0.1) is 0 Å². The predicted octanol–water partition coefficient (Wildman–Crippen LogP) is 1.04. The first kappa shape index (κ1) is 12.4. The molecule has 94 valence electrons. The lowest BCUT2D eigenvalue weighted by atomic mass is 9.92. The van der Waals surface area contributed by atoms with Crippen molar-refractivity contribution < 1.29 is 4.79 Å². The second-order valence-electron chi connectivity index (χ2n) is 4.69. The van der Waals surface area contributed by atoms with Gasteiger partial charge in [-0.1, -0.05) is 0 Å². The molecule has 18 heavy (non-hydrogen) atoms. The van der Waals surface area contributed by atoms with Crippen molar-refractivity contribution in [2.24, 2.45) is 11.7 Å². The molecular formula is C13H16N4O. The highest BCUT2D eigenvalue weighted by Crippen LogP contribution is 2.27. The number of aromatic nitrogens is 1. The fourth-order valence-corrected chi connectivity index (χ4v) is 2.36. The Kier molecular flexibility index (Phi) is 3.47. The summed E-state index contributed by atoms with van der Waals surface area (Å²) in [6, 6.07) is 5.98. The van der Waals surface area contributed by atoms with Crippen LogP contribution in [0.1, 0.15) is 25.5 Å². The van der Waals surface area contributed by atoms with Gasteiger partial charge in [0.2, 0.25) is 5.91 Å². The lowest BCUT2D eigenvalue weighted by Gasteiger charge is -2.38. The van der Waals surface area contributed by atoms with E-state index in [0.717, 1.165) is 18.5 Å². The molecule has 1 aliphatic rings. The van der Waals surface area contributed by atoms with Crippen LogP contribution >= 0.6 is 0 Å². The summed E-state index contributed by atoms with van der Waals surface area (Å²) in [4.78, 5) is 17.4. The number of piperidine rings is 1. The van der Waals surface area contributed by atoms with Gasteiger partial charge in [0.1, 0.15) is 11.8 Å². The van der Waals surface area contributed by atoms with Gasteiger partial charge in [0.25, 0.3) is 0 Å². The van der Waals surface area contributed by atoms with Gasteiger partial charge in [0.05, 0.1) is 5.92 Å². The molecule has 5 heteroatoms. The van der Waals surface area contributed by atoms with Gasteiger partial charge in [0.15, 0.2) is 0 Å². The SMILES string of the molecule is CC1CCC(C(N)=O)CN1c1ccnc(C#N)c1. The Morgan fingerprint density at radius 2 is 2.39 bits per heavy atom. The maximum Gasteiger partial charge on any atom is 0.222 e. The summed E-state index contributed by atoms with van der Waals surface area (Å²) in [7, 11) is 0. The van der Waals surface area contributed by atoms with E-state index in [1.807, 2.05) is 12.1 Å². The minimum absolute atomic E-state index is 0.111. The van der Waals surface area contributed by atoms with Crippen LogP contribution in [0.3, 0.4) is 0 Å². The number of carbonyl (C=O) groups is 1. The maximum atomic E-state index is 11.3. The fraction of sp³-hybridized carbons (Fsp3) is 0.462. The van der Waals surface area contributed by atoms with Crippen molar-refractivity contribution in [2.75, 3.05) is 11.4 Å². The molecule has 1 fully saturated rings. The zero-order valence-electron chi connectivity index (χ0n) is 10.3. The number of primary amides is 1. The first-order chi connectivity index (χ1) is 8.61. The summed E-state index contributed by atoms with van der Waals surface area (Å²) in [6.07, 6.45) is 3.38. The number of pyridine rings is 1. The van der Waals surface area contributed by atoms with Gasteiger partial charge in [-0.3, -0.25) is 4.79 Å². The molecule has 1 aromatic rings. The molecule has 2 atom stereocenters. The molecule has 5 nitrogen and oxygen atoms in total. The van der Waals surface area contributed by atoms with Crippen LogP contribution in [0.25, 0.3) is 0 Å². The maximum absolute atomic E-state index is 11.3. The summed E-state index contributed by atoms with van der Waals surface area (Å²) in [6.45, 7) is 2.73. The lowest BCUT2D eigenvalue weighted by Crippen LogP contribution is -2.45. The summed E-state index contributed by atoms with van der Waals surface area (Å²) in [5, 5.41) is 8.86. The predicted molar refractivity (Wildman–Crippen MR) is 67.7 cm³/mol. The third-order valence-corrected chi connectivity index (χ3v) is 3.47. The molecule has 2 unspecified atom stereocenters. The Labute approximate surface area is 106 Å². The first-order valence-electron chi connectivity index (χ1n) is 6.04. The van der Waals surface area contributed by atoms with Gasteiger partial charge in [-0.25, -0.2) is 4.98 Å². The highest BCUT2D eigenvalue weighted by molar-refractivity contribution is 5.77. The fourth-order valence-electron chi connectivity index (χ4n) is 2.36. The standard InChI is InChI=1S/C13H16N4O/c1-9-2-3-10(13(15)18)8-17(9)12-4-5-16-11(6-12)7-14/h4-6,9-10H,2-3,8H2,1H3,(H2,15,18). The molecule has 0 bridgehead atoms. The number of nitrogens with zero attached hydrogens (tertiary/aromatic N) is 3. The number of carbonyl (C=O) groups excluding carboxylic acids is 1. The molecule has 2 heterocycles. The van der Waals surface area contributed by atoms with Crippen molar-refractivity contribution in [3.8, 4) is 6.07 Å². The minimum atomic E-state index is -0.249. The molecule has 0 spiro atoms. The quantitative estimate of drug-likeness (QED) is 0.842. The van der Waals surface area contributed by atoms with Crippen LogP contribution in [0.15, 0.2) is 18.3 Å². The summed E-state index contributed by atoms with van der Waals surface area (Å²) < 4.78 is 0. The Hall–Kier alpha value is -2.09. The lowest BCUT2D eigenvalue weighted by molar-refractivity contribution is -0.122. The normalized spacial score (nSPS) is 23.4. The number of hydrogen-bond donors (Lipinski definition) is 1. The van der Waals surface area contributed by atoms with E-state index < -0.39 is 0 Å². The summed E-state index contributed by atoms with van der Waals surface area (Å²) in [5.41, 5.74) is 6.70. The third kappa shape index (κ3) is 2.43. The smallest absolute Gasteiger partial charge is 0.222 e. The highest BCUT2D eigenvalue weighted by atomic mass is 16.1. The van der Waals surface area contributed by atoms with Crippen molar-refractivity contribution in [1.82, 2.24) is 4.98 Å². The van der Waals surface area contributed by atoms with E-state index in [0.29, 0.717) is 18.3 Å². The second kappa shape index (κ2) is 5.05. The monoisotopic (exact) mass is 244 g/mol. The van der Waals surface area contributed by atoms with Crippen molar-refractivity contribution >= 4 is 11.6 Å². The molecule has 1 aromatic heterocycles. The van der Waals surface area contributed by atoms with Crippen LogP contribution in [-0.4, -0.2) is 23.5 Å². The Balaban J connectivity index is 2.24. The van der Waals surface area contributed by atoms with E-state index in [9.17, 15) is 4.79 Å². The highest BCUT2D eigenvalue weighted by Gasteiger charge is 2.28. The molecule has 1 saturated heterocycles. The van der Waals surface area contributed by atoms with Gasteiger partial charge < -0.3 is 10.6 Å². The zero-order valence-corrected chi connectivity index (χ0v) is 10.3. The number of hydrogen-bond acceptors (Lipinski definition) is 4. The molecule has 0 aliphatic carbocycles. The van der Waals surface area contributed by atoms with Crippen LogP contribution < -0.4 is 10.6 Å².